The number of aromatic nitrogens is 4. The summed E-state index contributed by atoms with van der Waals surface area (Å²) >= 11 is 0. The summed E-state index contributed by atoms with van der Waals surface area (Å²) in [7, 11) is 1.62. The Balaban J connectivity index is 1.53. The Labute approximate surface area is 190 Å². The molecule has 11 heteroatoms. The lowest BCUT2D eigenvalue weighted by Crippen LogP contribution is -2.31. The highest BCUT2D eigenvalue weighted by molar-refractivity contribution is 6.01. The van der Waals surface area contributed by atoms with Crippen LogP contribution in [0.3, 0.4) is 0 Å². The van der Waals surface area contributed by atoms with Crippen LogP contribution < -0.4 is 10.1 Å². The van der Waals surface area contributed by atoms with Gasteiger partial charge in [0.15, 0.2) is 6.61 Å². The molecule has 3 aromatic rings. The highest BCUT2D eigenvalue weighted by Crippen LogP contribution is 2.17. The van der Waals surface area contributed by atoms with E-state index >= 15 is 0 Å². The molecule has 2 amide bonds. The molecule has 1 N–H and O–H groups in total. The predicted octanol–water partition coefficient (Wildman–Crippen LogP) is 1.53. The molecular formula is C22H24N6O5. The van der Waals surface area contributed by atoms with E-state index in [2.05, 4.69) is 20.8 Å². The van der Waals surface area contributed by atoms with E-state index in [1.807, 2.05) is 31.2 Å². The standard InChI is InChI=1S/C22H24N6O5/c1-3-32-17-10-8-16(9-11-17)12-27(2)21(30)14-33-22(31)18-6-4-5-7-19(18)24-20(29)13-28-15-23-25-26-28/h4-11,15H,3,12-14H2,1-2H3,(H,24,29). The molecule has 11 nitrogen and oxygen atoms in total. The molecule has 172 valence electrons. The number of nitrogens with zero attached hydrogens (tertiary/aromatic N) is 5. The quantitative estimate of drug-likeness (QED) is 0.459. The zero-order valence-electron chi connectivity index (χ0n) is 18.3. The van der Waals surface area contributed by atoms with Gasteiger partial charge in [-0.05, 0) is 47.2 Å². The molecular weight excluding hydrogens is 428 g/mol. The lowest BCUT2D eigenvalue weighted by molar-refractivity contribution is -0.133. The first-order valence-electron chi connectivity index (χ1n) is 10.2. The van der Waals surface area contributed by atoms with Crippen LogP contribution in [0.15, 0.2) is 54.9 Å². The summed E-state index contributed by atoms with van der Waals surface area (Å²) in [6.07, 6.45) is 1.30. The van der Waals surface area contributed by atoms with Gasteiger partial charge in [0, 0.05) is 13.6 Å². The van der Waals surface area contributed by atoms with Crippen LogP contribution in [0.5, 0.6) is 5.75 Å². The fourth-order valence-electron chi connectivity index (χ4n) is 2.89. The zero-order valence-corrected chi connectivity index (χ0v) is 18.3. The van der Waals surface area contributed by atoms with Crippen LogP contribution in [0.2, 0.25) is 0 Å². The maximum absolute atomic E-state index is 12.6. The predicted molar refractivity (Wildman–Crippen MR) is 117 cm³/mol. The zero-order chi connectivity index (χ0) is 23.6. The number of nitrogens with one attached hydrogen (secondary N) is 1. The summed E-state index contributed by atoms with van der Waals surface area (Å²) < 4.78 is 11.8. The molecule has 33 heavy (non-hydrogen) atoms. The lowest BCUT2D eigenvalue weighted by atomic mass is 10.2. The molecule has 0 unspecified atom stereocenters. The van der Waals surface area contributed by atoms with Gasteiger partial charge in [0.05, 0.1) is 17.9 Å². The minimum Gasteiger partial charge on any atom is -0.494 e. The number of ether oxygens (including phenoxy) is 2. The average Bonchev–Trinajstić information content (AvgIpc) is 3.32. The van der Waals surface area contributed by atoms with Crippen molar-refractivity contribution in [2.24, 2.45) is 0 Å². The number of esters is 1. The molecule has 0 saturated carbocycles. The van der Waals surface area contributed by atoms with E-state index in [0.717, 1.165) is 11.3 Å². The molecule has 2 aromatic carbocycles. The molecule has 1 aromatic heterocycles. The van der Waals surface area contributed by atoms with Crippen molar-refractivity contribution < 1.29 is 23.9 Å². The Morgan fingerprint density at radius 3 is 2.55 bits per heavy atom. The molecule has 3 rings (SSSR count). The molecule has 1 heterocycles. The van der Waals surface area contributed by atoms with Gasteiger partial charge < -0.3 is 19.7 Å². The van der Waals surface area contributed by atoms with Crippen LogP contribution in [0, 0.1) is 0 Å². The van der Waals surface area contributed by atoms with Crippen LogP contribution in [0.4, 0.5) is 5.69 Å². The van der Waals surface area contributed by atoms with Gasteiger partial charge in [-0.3, -0.25) is 9.59 Å². The second-order valence-corrected chi connectivity index (χ2v) is 7.00. The number of rotatable bonds is 10. The monoisotopic (exact) mass is 452 g/mol. The van der Waals surface area contributed by atoms with Crippen LogP contribution in [0.25, 0.3) is 0 Å². The van der Waals surface area contributed by atoms with Crippen molar-refractivity contribution in [3.8, 4) is 5.75 Å². The molecule has 0 atom stereocenters. The van der Waals surface area contributed by atoms with Gasteiger partial charge in [-0.1, -0.05) is 24.3 Å². The molecule has 0 fully saturated rings. The second-order valence-electron chi connectivity index (χ2n) is 7.00. The topological polar surface area (TPSA) is 129 Å². The minimum atomic E-state index is -0.726. The van der Waals surface area contributed by atoms with Gasteiger partial charge in [-0.25, -0.2) is 9.48 Å². The maximum atomic E-state index is 12.6. The summed E-state index contributed by atoms with van der Waals surface area (Å²) in [6, 6.07) is 13.8. The molecule has 0 bridgehead atoms. The second kappa shape index (κ2) is 11.4. The van der Waals surface area contributed by atoms with Crippen LogP contribution in [-0.4, -0.2) is 63.2 Å². The van der Waals surface area contributed by atoms with E-state index in [4.69, 9.17) is 9.47 Å². The van der Waals surface area contributed by atoms with Crippen LogP contribution in [-0.2, 0) is 27.4 Å². The number of carbonyl (C=O) groups excluding carboxylic acids is 3. The van der Waals surface area contributed by atoms with E-state index in [0.29, 0.717) is 13.2 Å². The molecule has 0 aliphatic carbocycles. The smallest absolute Gasteiger partial charge is 0.340 e. The minimum absolute atomic E-state index is 0.120. The van der Waals surface area contributed by atoms with Gasteiger partial charge in [-0.15, -0.1) is 5.10 Å². The van der Waals surface area contributed by atoms with E-state index in [1.54, 1.807) is 25.2 Å². The molecule has 0 radical (unpaired) electrons. The summed E-state index contributed by atoms with van der Waals surface area (Å²) in [4.78, 5) is 38.6. The van der Waals surface area contributed by atoms with Crippen molar-refractivity contribution in [3.05, 3.63) is 66.0 Å². The number of amides is 2. The Morgan fingerprint density at radius 2 is 1.85 bits per heavy atom. The third-order valence-corrected chi connectivity index (χ3v) is 4.52. The number of para-hydroxylation sites is 1. The van der Waals surface area contributed by atoms with Crippen molar-refractivity contribution in [3.63, 3.8) is 0 Å². The van der Waals surface area contributed by atoms with E-state index < -0.39 is 18.5 Å². The fourth-order valence-corrected chi connectivity index (χ4v) is 2.89. The van der Waals surface area contributed by atoms with Crippen molar-refractivity contribution in [2.45, 2.75) is 20.0 Å². The number of hydrogen-bond donors (Lipinski definition) is 1. The number of hydrogen-bond acceptors (Lipinski definition) is 8. The first-order chi connectivity index (χ1) is 16.0. The first kappa shape index (κ1) is 23.4. The molecule has 0 spiro atoms. The molecule has 0 aliphatic rings. The van der Waals surface area contributed by atoms with Gasteiger partial charge in [0.25, 0.3) is 5.91 Å². The average molecular weight is 452 g/mol. The summed E-state index contributed by atoms with van der Waals surface area (Å²) in [5, 5.41) is 13.2. The van der Waals surface area contributed by atoms with Crippen molar-refractivity contribution in [2.75, 3.05) is 25.6 Å². The van der Waals surface area contributed by atoms with E-state index in [9.17, 15) is 14.4 Å². The number of carbonyl (C=O) groups is 3. The lowest BCUT2D eigenvalue weighted by Gasteiger charge is -2.18. The third kappa shape index (κ3) is 6.86. The fraction of sp³-hybridized carbons (Fsp3) is 0.273. The maximum Gasteiger partial charge on any atom is 0.340 e. The van der Waals surface area contributed by atoms with Crippen molar-refractivity contribution >= 4 is 23.5 Å². The number of anilines is 1. The summed E-state index contributed by atoms with van der Waals surface area (Å²) in [5.74, 6) is -0.754. The third-order valence-electron chi connectivity index (χ3n) is 4.52. The summed E-state index contributed by atoms with van der Waals surface area (Å²) in [6.45, 7) is 2.29. The van der Waals surface area contributed by atoms with Crippen LogP contribution in [0.1, 0.15) is 22.8 Å². The Hall–Kier alpha value is -4.28. The van der Waals surface area contributed by atoms with Crippen molar-refractivity contribution in [1.29, 1.82) is 0 Å². The van der Waals surface area contributed by atoms with Gasteiger partial charge in [0.1, 0.15) is 18.6 Å². The van der Waals surface area contributed by atoms with E-state index in [1.165, 1.54) is 22.0 Å². The normalized spacial score (nSPS) is 10.4. The van der Waals surface area contributed by atoms with Crippen molar-refractivity contribution in [1.82, 2.24) is 25.1 Å². The van der Waals surface area contributed by atoms with Gasteiger partial charge in [0.2, 0.25) is 5.91 Å². The SMILES string of the molecule is CCOc1ccc(CN(C)C(=O)COC(=O)c2ccccc2NC(=O)Cn2cnnn2)cc1. The largest absolute Gasteiger partial charge is 0.494 e. The Bertz CT molecular complexity index is 1080. The number of benzene rings is 2. The number of likely N-dealkylation sites (N-methyl/N-ethyl adjacent to an activating group) is 1. The number of tetrazole rings is 1. The molecule has 0 aliphatic heterocycles. The van der Waals surface area contributed by atoms with Crippen LogP contribution >= 0.6 is 0 Å². The highest BCUT2D eigenvalue weighted by atomic mass is 16.5. The molecule has 0 saturated heterocycles. The first-order valence-corrected chi connectivity index (χ1v) is 10.2. The van der Waals surface area contributed by atoms with Gasteiger partial charge >= 0.3 is 5.97 Å². The summed E-state index contributed by atoms with van der Waals surface area (Å²) in [5.41, 5.74) is 1.30. The van der Waals surface area contributed by atoms with E-state index in [-0.39, 0.29) is 23.7 Å². The van der Waals surface area contributed by atoms with Gasteiger partial charge in [-0.2, -0.15) is 0 Å². The highest BCUT2D eigenvalue weighted by Gasteiger charge is 2.18. The Kier molecular flexibility index (Phi) is 8.06. The Morgan fingerprint density at radius 1 is 1.09 bits per heavy atom.